The van der Waals surface area contributed by atoms with Gasteiger partial charge in [0.05, 0.1) is 6.54 Å². The predicted octanol–water partition coefficient (Wildman–Crippen LogP) is 3.14. The number of carbonyl (C=O) groups is 1. The van der Waals surface area contributed by atoms with Crippen molar-refractivity contribution in [1.29, 1.82) is 0 Å². The molecule has 0 aromatic rings. The molecule has 0 saturated heterocycles. The average molecular weight is 241 g/mol. The van der Waals surface area contributed by atoms with Crippen molar-refractivity contribution in [3.05, 3.63) is 0 Å². The van der Waals surface area contributed by atoms with Crippen LogP contribution in [-0.4, -0.2) is 34.1 Å². The number of carboxylic acid groups (broad SMARTS) is 1. The number of hydrogen-bond donors (Lipinski definition) is 1. The van der Waals surface area contributed by atoms with Gasteiger partial charge in [-0.05, 0) is 51.9 Å². The summed E-state index contributed by atoms with van der Waals surface area (Å²) in [5, 5.41) is 9.04. The van der Waals surface area contributed by atoms with Crippen LogP contribution in [0.25, 0.3) is 0 Å². The van der Waals surface area contributed by atoms with Gasteiger partial charge < -0.3 is 5.11 Å². The third-order valence-electron chi connectivity index (χ3n) is 3.92. The van der Waals surface area contributed by atoms with Crippen LogP contribution in [0.5, 0.6) is 0 Å². The van der Waals surface area contributed by atoms with Gasteiger partial charge in [0.2, 0.25) is 0 Å². The zero-order valence-corrected chi connectivity index (χ0v) is 11.9. The van der Waals surface area contributed by atoms with Gasteiger partial charge in [-0.2, -0.15) is 0 Å². The minimum absolute atomic E-state index is 0.0649. The van der Waals surface area contributed by atoms with Crippen LogP contribution in [0.1, 0.15) is 60.3 Å². The second kappa shape index (κ2) is 4.97. The van der Waals surface area contributed by atoms with E-state index in [1.807, 2.05) is 0 Å². The number of rotatable bonds is 3. The number of carboxylic acids is 1. The minimum atomic E-state index is -0.718. The van der Waals surface area contributed by atoms with Crippen LogP contribution in [0.4, 0.5) is 0 Å². The summed E-state index contributed by atoms with van der Waals surface area (Å²) in [6.07, 6.45) is 4.64. The van der Waals surface area contributed by atoms with Gasteiger partial charge in [-0.25, -0.2) is 0 Å². The Bertz CT molecular complexity index is 268. The van der Waals surface area contributed by atoms with E-state index in [-0.39, 0.29) is 12.1 Å². The molecule has 3 heteroatoms. The van der Waals surface area contributed by atoms with E-state index < -0.39 is 5.97 Å². The quantitative estimate of drug-likeness (QED) is 0.825. The van der Waals surface area contributed by atoms with Gasteiger partial charge >= 0.3 is 5.97 Å². The predicted molar refractivity (Wildman–Crippen MR) is 70.1 cm³/mol. The monoisotopic (exact) mass is 241 g/mol. The van der Waals surface area contributed by atoms with E-state index in [1.165, 1.54) is 12.8 Å². The topological polar surface area (TPSA) is 40.5 Å². The third kappa shape index (κ3) is 4.30. The molecule has 0 heterocycles. The molecule has 0 aromatic carbocycles. The van der Waals surface area contributed by atoms with Crippen molar-refractivity contribution in [3.63, 3.8) is 0 Å². The Morgan fingerprint density at radius 2 is 1.76 bits per heavy atom. The summed E-state index contributed by atoms with van der Waals surface area (Å²) >= 11 is 0. The lowest BCUT2D eigenvalue weighted by Gasteiger charge is -2.45. The molecule has 1 fully saturated rings. The Balaban J connectivity index is 2.69. The van der Waals surface area contributed by atoms with Crippen molar-refractivity contribution < 1.29 is 9.90 Å². The normalized spacial score (nSPS) is 21.8. The smallest absolute Gasteiger partial charge is 0.317 e. The van der Waals surface area contributed by atoms with Crippen LogP contribution in [0.2, 0.25) is 0 Å². The van der Waals surface area contributed by atoms with Gasteiger partial charge in [0.15, 0.2) is 0 Å². The SMILES string of the molecule is CC1(C)CCC(N(CC(=O)O)C(C)(C)C)CC1. The van der Waals surface area contributed by atoms with Crippen LogP contribution >= 0.6 is 0 Å². The molecular formula is C14H27NO2. The molecule has 0 atom stereocenters. The molecule has 3 nitrogen and oxygen atoms in total. The van der Waals surface area contributed by atoms with E-state index in [1.54, 1.807) is 0 Å². The third-order valence-corrected chi connectivity index (χ3v) is 3.92. The van der Waals surface area contributed by atoms with Gasteiger partial charge in [0, 0.05) is 11.6 Å². The van der Waals surface area contributed by atoms with E-state index in [2.05, 4.69) is 39.5 Å². The van der Waals surface area contributed by atoms with Crippen LogP contribution in [0.3, 0.4) is 0 Å². The van der Waals surface area contributed by atoms with Crippen LogP contribution in [0, 0.1) is 5.41 Å². The molecule has 1 rings (SSSR count). The summed E-state index contributed by atoms with van der Waals surface area (Å²) in [5.41, 5.74) is 0.369. The highest BCUT2D eigenvalue weighted by Gasteiger charge is 2.35. The van der Waals surface area contributed by atoms with Gasteiger partial charge in [-0.3, -0.25) is 9.69 Å². The van der Waals surface area contributed by atoms with Crippen molar-refractivity contribution in [2.24, 2.45) is 5.41 Å². The van der Waals surface area contributed by atoms with Crippen molar-refractivity contribution in [2.75, 3.05) is 6.54 Å². The zero-order chi connectivity index (χ0) is 13.3. The van der Waals surface area contributed by atoms with E-state index >= 15 is 0 Å². The highest BCUT2D eigenvalue weighted by atomic mass is 16.4. The van der Waals surface area contributed by atoms with E-state index in [0.717, 1.165) is 12.8 Å². The average Bonchev–Trinajstić information content (AvgIpc) is 2.13. The van der Waals surface area contributed by atoms with Crippen molar-refractivity contribution in [3.8, 4) is 0 Å². The Hall–Kier alpha value is -0.570. The van der Waals surface area contributed by atoms with Crippen molar-refractivity contribution >= 4 is 5.97 Å². The van der Waals surface area contributed by atoms with Crippen molar-refractivity contribution in [2.45, 2.75) is 71.9 Å². The fraction of sp³-hybridized carbons (Fsp3) is 0.929. The molecule has 1 saturated carbocycles. The number of aliphatic carboxylic acids is 1. The highest BCUT2D eigenvalue weighted by molar-refractivity contribution is 5.69. The molecule has 1 aliphatic carbocycles. The molecule has 17 heavy (non-hydrogen) atoms. The Morgan fingerprint density at radius 3 is 2.12 bits per heavy atom. The summed E-state index contributed by atoms with van der Waals surface area (Å²) in [6.45, 7) is 11.1. The maximum Gasteiger partial charge on any atom is 0.317 e. The summed E-state index contributed by atoms with van der Waals surface area (Å²) in [7, 11) is 0. The van der Waals surface area contributed by atoms with Crippen LogP contribution < -0.4 is 0 Å². The standard InChI is InChI=1S/C14H27NO2/c1-13(2,3)15(10-12(16)17)11-6-8-14(4,5)9-7-11/h11H,6-10H2,1-5H3,(H,16,17). The van der Waals surface area contributed by atoms with Crippen LogP contribution in [-0.2, 0) is 4.79 Å². The van der Waals surface area contributed by atoms with E-state index in [0.29, 0.717) is 11.5 Å². The molecule has 1 aliphatic rings. The fourth-order valence-electron chi connectivity index (χ4n) is 2.76. The first-order chi connectivity index (χ1) is 7.62. The summed E-state index contributed by atoms with van der Waals surface area (Å²) in [5.74, 6) is -0.718. The first kappa shape index (κ1) is 14.5. The molecular weight excluding hydrogens is 214 g/mol. The fourth-order valence-corrected chi connectivity index (χ4v) is 2.76. The van der Waals surface area contributed by atoms with E-state index in [4.69, 9.17) is 5.11 Å². The van der Waals surface area contributed by atoms with Gasteiger partial charge in [-0.1, -0.05) is 13.8 Å². The first-order valence-electron chi connectivity index (χ1n) is 6.60. The zero-order valence-electron chi connectivity index (χ0n) is 11.9. The Kier molecular flexibility index (Phi) is 4.23. The van der Waals surface area contributed by atoms with Gasteiger partial charge in [-0.15, -0.1) is 0 Å². The number of nitrogens with zero attached hydrogens (tertiary/aromatic N) is 1. The molecule has 0 bridgehead atoms. The lowest BCUT2D eigenvalue weighted by Crippen LogP contribution is -2.52. The molecule has 1 N–H and O–H groups in total. The maximum absolute atomic E-state index is 11.0. The molecule has 0 aromatic heterocycles. The lowest BCUT2D eigenvalue weighted by atomic mass is 9.74. The first-order valence-corrected chi connectivity index (χ1v) is 6.60. The minimum Gasteiger partial charge on any atom is -0.480 e. The number of hydrogen-bond acceptors (Lipinski definition) is 2. The van der Waals surface area contributed by atoms with Crippen molar-refractivity contribution in [1.82, 2.24) is 4.90 Å². The molecule has 0 radical (unpaired) electrons. The second-order valence-corrected chi connectivity index (χ2v) is 7.09. The maximum atomic E-state index is 11.0. The summed E-state index contributed by atoms with van der Waals surface area (Å²) in [4.78, 5) is 13.1. The van der Waals surface area contributed by atoms with Crippen LogP contribution in [0.15, 0.2) is 0 Å². The van der Waals surface area contributed by atoms with E-state index in [9.17, 15) is 4.79 Å². The highest BCUT2D eigenvalue weighted by Crippen LogP contribution is 2.38. The molecule has 0 spiro atoms. The lowest BCUT2D eigenvalue weighted by molar-refractivity contribution is -0.141. The molecule has 100 valence electrons. The Labute approximate surface area is 105 Å². The molecule has 0 amide bonds. The molecule has 0 aliphatic heterocycles. The Morgan fingerprint density at radius 1 is 1.29 bits per heavy atom. The summed E-state index contributed by atoms with van der Waals surface area (Å²) in [6, 6.07) is 0.430. The largest absolute Gasteiger partial charge is 0.480 e. The van der Waals surface area contributed by atoms with Gasteiger partial charge in [0.1, 0.15) is 0 Å². The second-order valence-electron chi connectivity index (χ2n) is 7.09. The summed E-state index contributed by atoms with van der Waals surface area (Å²) < 4.78 is 0. The molecule has 0 unspecified atom stereocenters. The van der Waals surface area contributed by atoms with Gasteiger partial charge in [0.25, 0.3) is 0 Å².